The van der Waals surface area contributed by atoms with Gasteiger partial charge < -0.3 is 14.6 Å². The van der Waals surface area contributed by atoms with E-state index >= 15 is 0 Å². The summed E-state index contributed by atoms with van der Waals surface area (Å²) in [6.45, 7) is 0.970. The molecule has 2 aromatic carbocycles. The highest BCUT2D eigenvalue weighted by Crippen LogP contribution is 2.28. The lowest BCUT2D eigenvalue weighted by Crippen LogP contribution is -2.40. The Morgan fingerprint density at radius 1 is 1.13 bits per heavy atom. The number of fused-ring (bicyclic) bond motifs is 1. The fourth-order valence-electron chi connectivity index (χ4n) is 3.82. The quantitative estimate of drug-likeness (QED) is 0.133. The van der Waals surface area contributed by atoms with Crippen LogP contribution < -0.4 is 21.3 Å². The molecule has 9 nitrogen and oxygen atoms in total. The molecule has 4 aromatic rings. The van der Waals surface area contributed by atoms with Gasteiger partial charge in [0, 0.05) is 30.4 Å². The summed E-state index contributed by atoms with van der Waals surface area (Å²) in [7, 11) is 1.50. The molecule has 4 rings (SSSR count). The molecule has 1 unspecified atom stereocenters. The number of hydrogen-bond acceptors (Lipinski definition) is 6. The van der Waals surface area contributed by atoms with Crippen LogP contribution in [-0.2, 0) is 24.7 Å². The van der Waals surface area contributed by atoms with Crippen molar-refractivity contribution in [3.63, 3.8) is 0 Å². The molecule has 0 radical (unpaired) electrons. The van der Waals surface area contributed by atoms with Crippen molar-refractivity contribution in [2.24, 2.45) is 7.05 Å². The summed E-state index contributed by atoms with van der Waals surface area (Å²) in [5, 5.41) is 3.50. The maximum atomic E-state index is 13.6. The average molecular weight is 682 g/mol. The third-order valence-electron chi connectivity index (χ3n) is 5.49. The molecule has 1 atom stereocenters. The number of aryl methyl sites for hydroxylation is 1. The number of anilines is 2. The minimum atomic E-state index is -4.86. The topological polar surface area (TPSA) is 92.3 Å². The van der Waals surface area contributed by atoms with Gasteiger partial charge in [-0.2, -0.15) is 4.98 Å². The molecule has 2 aromatic heterocycles. The molecular formula is C23H21ClF3IN5O4P. The van der Waals surface area contributed by atoms with Gasteiger partial charge >= 0.3 is 12.1 Å². The van der Waals surface area contributed by atoms with Crippen molar-refractivity contribution in [1.29, 1.82) is 0 Å². The Hall–Kier alpha value is -2.61. The summed E-state index contributed by atoms with van der Waals surface area (Å²) in [6.07, 6.45) is -4.40. The molecule has 2 heterocycles. The first-order chi connectivity index (χ1) is 18.1. The smallest absolute Gasteiger partial charge is 0.406 e. The second-order valence-corrected chi connectivity index (χ2v) is 10.3. The summed E-state index contributed by atoms with van der Waals surface area (Å²) in [5.74, 6) is -0.273. The Morgan fingerprint density at radius 2 is 1.87 bits per heavy atom. The first kappa shape index (κ1) is 28.4. The number of nitrogens with zero attached hydrogens (tertiary/aromatic N) is 4. The first-order valence-corrected chi connectivity index (χ1v) is 15.5. The van der Waals surface area contributed by atoms with Gasteiger partial charge in [-0.25, -0.2) is 4.79 Å². The molecule has 0 aliphatic carbocycles. The van der Waals surface area contributed by atoms with Crippen LogP contribution >= 0.6 is 40.1 Å². The minimum Gasteiger partial charge on any atom is -0.406 e. The van der Waals surface area contributed by atoms with E-state index in [4.69, 9.17) is 16.1 Å². The van der Waals surface area contributed by atoms with Crippen molar-refractivity contribution >= 4 is 62.9 Å². The Labute approximate surface area is 233 Å². The normalized spacial score (nSPS) is 12.1. The van der Waals surface area contributed by atoms with Crippen LogP contribution in [0.1, 0.15) is 12.0 Å². The van der Waals surface area contributed by atoms with E-state index in [1.54, 1.807) is 28.8 Å². The predicted octanol–water partition coefficient (Wildman–Crippen LogP) is 5.59. The van der Waals surface area contributed by atoms with Crippen molar-refractivity contribution < 1.29 is 22.4 Å². The highest BCUT2D eigenvalue weighted by molar-refractivity contribution is 14.2. The van der Waals surface area contributed by atoms with Gasteiger partial charge in [-0.05, 0) is 58.3 Å². The van der Waals surface area contributed by atoms with Crippen LogP contribution in [0.3, 0.4) is 0 Å². The van der Waals surface area contributed by atoms with Crippen molar-refractivity contribution in [2.45, 2.75) is 25.9 Å². The maximum absolute atomic E-state index is 13.6. The van der Waals surface area contributed by atoms with E-state index in [1.807, 2.05) is 0 Å². The lowest BCUT2D eigenvalue weighted by atomic mass is 10.2. The SMILES string of the molecule is Cn1c(=O)n(CCCOPI)c(=O)c2c1nc(Nc1cccc(OC(F)(F)F)c1)n2Cc1ccc(Cl)cc1. The molecular weight excluding hydrogens is 661 g/mol. The van der Waals surface area contributed by atoms with E-state index in [2.05, 4.69) is 37.1 Å². The molecule has 0 saturated heterocycles. The second kappa shape index (κ2) is 12.1. The van der Waals surface area contributed by atoms with Gasteiger partial charge in [0.2, 0.25) is 5.95 Å². The molecule has 0 bridgehead atoms. The third-order valence-corrected chi connectivity index (χ3v) is 6.99. The van der Waals surface area contributed by atoms with E-state index in [0.717, 1.165) is 16.2 Å². The molecule has 0 spiro atoms. The zero-order valence-corrected chi connectivity index (χ0v) is 23.7. The van der Waals surface area contributed by atoms with Crippen molar-refractivity contribution in [1.82, 2.24) is 18.7 Å². The van der Waals surface area contributed by atoms with Crippen LogP contribution in [0.25, 0.3) is 11.2 Å². The molecule has 0 saturated carbocycles. The molecule has 0 fully saturated rings. The largest absolute Gasteiger partial charge is 0.573 e. The highest BCUT2D eigenvalue weighted by Gasteiger charge is 2.31. The molecule has 15 heteroatoms. The number of imidazole rings is 1. The van der Waals surface area contributed by atoms with Gasteiger partial charge in [0.1, 0.15) is 5.75 Å². The Balaban J connectivity index is 1.83. The summed E-state index contributed by atoms with van der Waals surface area (Å²) >= 11 is 8.11. The van der Waals surface area contributed by atoms with Crippen LogP contribution in [0, 0.1) is 0 Å². The number of ether oxygens (including phenoxy) is 1. The van der Waals surface area contributed by atoms with E-state index in [-0.39, 0.29) is 42.3 Å². The van der Waals surface area contributed by atoms with Crippen molar-refractivity contribution in [2.75, 3.05) is 11.9 Å². The fourth-order valence-corrected chi connectivity index (χ4v) is 4.83. The summed E-state index contributed by atoms with van der Waals surface area (Å²) in [6, 6.07) is 12.2. The monoisotopic (exact) mass is 681 g/mol. The number of nitrogens with one attached hydrogen (secondary N) is 1. The molecule has 0 aliphatic rings. The molecule has 1 N–H and O–H groups in total. The highest BCUT2D eigenvalue weighted by atomic mass is 127. The van der Waals surface area contributed by atoms with Crippen LogP contribution in [0.15, 0.2) is 58.1 Å². The van der Waals surface area contributed by atoms with E-state index in [1.165, 1.54) is 29.8 Å². The van der Waals surface area contributed by atoms with Gasteiger partial charge in [0.15, 0.2) is 11.2 Å². The lowest BCUT2D eigenvalue weighted by molar-refractivity contribution is -0.274. The average Bonchev–Trinajstić information content (AvgIpc) is 3.20. The second-order valence-electron chi connectivity index (χ2n) is 8.10. The number of halogens is 5. The van der Waals surface area contributed by atoms with Gasteiger partial charge in [-0.3, -0.25) is 18.5 Å². The Morgan fingerprint density at radius 3 is 2.55 bits per heavy atom. The van der Waals surface area contributed by atoms with E-state index in [0.29, 0.717) is 18.1 Å². The van der Waals surface area contributed by atoms with Crippen LogP contribution in [0.5, 0.6) is 5.75 Å². The van der Waals surface area contributed by atoms with Crippen LogP contribution in [0.4, 0.5) is 24.8 Å². The molecule has 202 valence electrons. The number of hydrogen-bond donors (Lipinski definition) is 1. The van der Waals surface area contributed by atoms with Crippen molar-refractivity contribution in [3.05, 3.63) is 80.0 Å². The molecule has 38 heavy (non-hydrogen) atoms. The van der Waals surface area contributed by atoms with Crippen LogP contribution in [-0.4, -0.2) is 31.7 Å². The lowest BCUT2D eigenvalue weighted by Gasteiger charge is -2.13. The minimum absolute atomic E-state index is 0.125. The predicted molar refractivity (Wildman–Crippen MR) is 149 cm³/mol. The standard InChI is InChI=1S/C23H21ClF3IN5O4P/c1-31-19-18(20(34)32(22(31)35)10-3-11-36-38-28)33(13-14-6-8-15(24)9-7-14)21(30-19)29-16-4-2-5-17(12-16)37-23(25,26)27/h2,4-9,12,38H,3,10-11,13H2,1H3,(H,29,30). The van der Waals surface area contributed by atoms with Gasteiger partial charge in [-0.15, -0.1) is 13.2 Å². The number of alkyl halides is 3. The zero-order chi connectivity index (χ0) is 27.4. The number of rotatable bonds is 10. The Bertz CT molecular complexity index is 1560. The summed E-state index contributed by atoms with van der Waals surface area (Å²) < 4.78 is 51.5. The fraction of sp³-hybridized carbons (Fsp3) is 0.261. The van der Waals surface area contributed by atoms with Crippen molar-refractivity contribution in [3.8, 4) is 5.75 Å². The summed E-state index contributed by atoms with van der Waals surface area (Å²) in [5.41, 5.74) is 0.222. The molecule has 0 aliphatic heterocycles. The number of aromatic nitrogens is 4. The maximum Gasteiger partial charge on any atom is 0.573 e. The Kier molecular flexibility index (Phi) is 9.01. The van der Waals surface area contributed by atoms with E-state index < -0.39 is 23.4 Å². The third kappa shape index (κ3) is 6.68. The zero-order valence-electron chi connectivity index (χ0n) is 19.8. The van der Waals surface area contributed by atoms with Crippen LogP contribution in [0.2, 0.25) is 5.02 Å². The first-order valence-electron chi connectivity index (χ1n) is 11.1. The van der Waals surface area contributed by atoms with Gasteiger partial charge in [0.05, 0.1) is 19.6 Å². The van der Waals surface area contributed by atoms with Gasteiger partial charge in [0.25, 0.3) is 5.56 Å². The number of benzene rings is 2. The van der Waals surface area contributed by atoms with Gasteiger partial charge in [-0.1, -0.05) is 29.8 Å². The molecule has 0 amide bonds. The summed E-state index contributed by atoms with van der Waals surface area (Å²) in [4.78, 5) is 31.0. The van der Waals surface area contributed by atoms with E-state index in [9.17, 15) is 22.8 Å².